The summed E-state index contributed by atoms with van der Waals surface area (Å²) >= 11 is 0. The Balaban J connectivity index is 1.71. The summed E-state index contributed by atoms with van der Waals surface area (Å²) in [7, 11) is 4.45. The Morgan fingerprint density at radius 3 is 1.76 bits per heavy atom. The highest BCUT2D eigenvalue weighted by Gasteiger charge is 2.21. The van der Waals surface area contributed by atoms with Crippen LogP contribution in [0.1, 0.15) is 57.8 Å². The first-order valence-corrected chi connectivity index (χ1v) is 7.60. The Hall–Kier alpha value is -0.300. The van der Waals surface area contributed by atoms with Crippen molar-refractivity contribution < 1.29 is 0 Å². The molecule has 0 bridgehead atoms. The normalized spacial score (nSPS) is 32.4. The second-order valence-electron chi connectivity index (χ2n) is 6.32. The molecule has 0 aliphatic heterocycles. The van der Waals surface area contributed by atoms with Gasteiger partial charge in [0.1, 0.15) is 0 Å². The Kier molecular flexibility index (Phi) is 5.09. The van der Waals surface area contributed by atoms with Gasteiger partial charge in [-0.25, -0.2) is 0 Å². The number of allylic oxidation sites excluding steroid dienone is 2. The highest BCUT2D eigenvalue weighted by molar-refractivity contribution is 4.96. The molecule has 0 atom stereocenters. The van der Waals surface area contributed by atoms with E-state index in [0.717, 1.165) is 17.9 Å². The summed E-state index contributed by atoms with van der Waals surface area (Å²) in [6.07, 6.45) is 18.0. The molecular formula is C16H29N. The maximum atomic E-state index is 2.56. The maximum absolute atomic E-state index is 2.56. The van der Waals surface area contributed by atoms with Crippen molar-refractivity contribution >= 4 is 0 Å². The Morgan fingerprint density at radius 1 is 0.706 bits per heavy atom. The van der Waals surface area contributed by atoms with Gasteiger partial charge in [-0.1, -0.05) is 31.4 Å². The monoisotopic (exact) mass is 235 g/mol. The molecule has 0 heterocycles. The van der Waals surface area contributed by atoms with Gasteiger partial charge >= 0.3 is 0 Å². The van der Waals surface area contributed by atoms with Crippen LogP contribution in [0.25, 0.3) is 0 Å². The zero-order chi connectivity index (χ0) is 12.1. The van der Waals surface area contributed by atoms with Crippen LogP contribution < -0.4 is 0 Å². The fourth-order valence-electron chi connectivity index (χ4n) is 3.45. The second kappa shape index (κ2) is 6.58. The van der Waals surface area contributed by atoms with Crippen molar-refractivity contribution in [1.82, 2.24) is 4.90 Å². The van der Waals surface area contributed by atoms with Gasteiger partial charge in [0, 0.05) is 6.04 Å². The molecular weight excluding hydrogens is 206 g/mol. The van der Waals surface area contributed by atoms with Gasteiger partial charge in [-0.15, -0.1) is 0 Å². The average molecular weight is 235 g/mol. The van der Waals surface area contributed by atoms with Crippen LogP contribution in [0.3, 0.4) is 0 Å². The molecule has 98 valence electrons. The molecule has 0 saturated heterocycles. The second-order valence-corrected chi connectivity index (χ2v) is 6.32. The van der Waals surface area contributed by atoms with Crippen molar-refractivity contribution in [1.29, 1.82) is 0 Å². The van der Waals surface area contributed by atoms with Gasteiger partial charge in [0.05, 0.1) is 0 Å². The summed E-state index contributed by atoms with van der Waals surface area (Å²) in [5.74, 6) is 1.79. The zero-order valence-corrected chi connectivity index (χ0v) is 11.7. The summed E-state index contributed by atoms with van der Waals surface area (Å²) in [5, 5.41) is 0. The molecule has 2 saturated carbocycles. The highest BCUT2D eigenvalue weighted by Crippen LogP contribution is 2.30. The van der Waals surface area contributed by atoms with Crippen LogP contribution in [-0.4, -0.2) is 25.0 Å². The van der Waals surface area contributed by atoms with Gasteiger partial charge in [-0.2, -0.15) is 0 Å². The number of nitrogens with zero attached hydrogens (tertiary/aromatic N) is 1. The van der Waals surface area contributed by atoms with Crippen molar-refractivity contribution in [3.8, 4) is 0 Å². The molecule has 1 nitrogen and oxygen atoms in total. The predicted molar refractivity (Wildman–Crippen MR) is 75.1 cm³/mol. The minimum Gasteiger partial charge on any atom is -0.306 e. The molecule has 2 fully saturated rings. The standard InChI is InChI=1S/C16H29N/c1-17(2)16-12-10-15(11-13-16)9-8-14-6-4-3-5-7-14/h8-9,14-16H,3-7,10-13H2,1-2H3/b9-8+. The quantitative estimate of drug-likeness (QED) is 0.661. The third-order valence-corrected chi connectivity index (χ3v) is 4.78. The van der Waals surface area contributed by atoms with Crippen molar-refractivity contribution in [2.24, 2.45) is 11.8 Å². The fraction of sp³-hybridized carbons (Fsp3) is 0.875. The molecule has 0 unspecified atom stereocenters. The van der Waals surface area contributed by atoms with E-state index in [4.69, 9.17) is 0 Å². The van der Waals surface area contributed by atoms with Crippen LogP contribution in [-0.2, 0) is 0 Å². The number of rotatable bonds is 3. The predicted octanol–water partition coefficient (Wildman–Crippen LogP) is 4.24. The first-order chi connectivity index (χ1) is 8.25. The molecule has 2 aliphatic rings. The van der Waals surface area contributed by atoms with Crippen LogP contribution >= 0.6 is 0 Å². The van der Waals surface area contributed by atoms with E-state index < -0.39 is 0 Å². The van der Waals surface area contributed by atoms with E-state index in [1.54, 1.807) is 0 Å². The largest absolute Gasteiger partial charge is 0.306 e. The first-order valence-electron chi connectivity index (χ1n) is 7.60. The van der Waals surface area contributed by atoms with Gasteiger partial charge in [0.25, 0.3) is 0 Å². The van der Waals surface area contributed by atoms with E-state index in [-0.39, 0.29) is 0 Å². The number of hydrogen-bond donors (Lipinski definition) is 0. The molecule has 17 heavy (non-hydrogen) atoms. The third kappa shape index (κ3) is 4.13. The average Bonchev–Trinajstić information content (AvgIpc) is 2.38. The first kappa shape index (κ1) is 13.1. The smallest absolute Gasteiger partial charge is 0.00895 e. The van der Waals surface area contributed by atoms with Crippen molar-refractivity contribution in [3.05, 3.63) is 12.2 Å². The van der Waals surface area contributed by atoms with E-state index in [0.29, 0.717) is 0 Å². The van der Waals surface area contributed by atoms with E-state index in [9.17, 15) is 0 Å². The Bertz CT molecular complexity index is 230. The minimum absolute atomic E-state index is 0.842. The van der Waals surface area contributed by atoms with Crippen molar-refractivity contribution in [2.45, 2.75) is 63.8 Å². The van der Waals surface area contributed by atoms with Crippen LogP contribution in [0.15, 0.2) is 12.2 Å². The van der Waals surface area contributed by atoms with Crippen LogP contribution in [0, 0.1) is 11.8 Å². The minimum atomic E-state index is 0.842. The fourth-order valence-corrected chi connectivity index (χ4v) is 3.45. The van der Waals surface area contributed by atoms with E-state index in [1.165, 1.54) is 57.8 Å². The summed E-state index contributed by atoms with van der Waals surface area (Å²) in [6.45, 7) is 0. The molecule has 0 aromatic rings. The number of hydrogen-bond acceptors (Lipinski definition) is 1. The molecule has 2 aliphatic carbocycles. The summed E-state index contributed by atoms with van der Waals surface area (Å²) in [4.78, 5) is 2.40. The van der Waals surface area contributed by atoms with E-state index in [1.807, 2.05) is 0 Å². The van der Waals surface area contributed by atoms with Gasteiger partial charge in [-0.3, -0.25) is 0 Å². The van der Waals surface area contributed by atoms with Crippen molar-refractivity contribution in [2.75, 3.05) is 14.1 Å². The zero-order valence-electron chi connectivity index (χ0n) is 11.7. The maximum Gasteiger partial charge on any atom is 0.00895 e. The molecule has 0 radical (unpaired) electrons. The SMILES string of the molecule is CN(C)C1CCC(/C=C/C2CCCCC2)CC1. The van der Waals surface area contributed by atoms with Gasteiger partial charge in [0.2, 0.25) is 0 Å². The lowest BCUT2D eigenvalue weighted by atomic mass is 9.83. The molecule has 1 heteroatoms. The lowest BCUT2D eigenvalue weighted by Gasteiger charge is -2.31. The lowest BCUT2D eigenvalue weighted by Crippen LogP contribution is -2.31. The summed E-state index contributed by atoms with van der Waals surface area (Å²) in [6, 6.07) is 0.842. The summed E-state index contributed by atoms with van der Waals surface area (Å²) < 4.78 is 0. The van der Waals surface area contributed by atoms with Gasteiger partial charge in [-0.05, 0) is 64.5 Å². The van der Waals surface area contributed by atoms with E-state index in [2.05, 4.69) is 31.1 Å². The van der Waals surface area contributed by atoms with Gasteiger partial charge < -0.3 is 4.90 Å². The topological polar surface area (TPSA) is 3.24 Å². The molecule has 2 rings (SSSR count). The summed E-state index contributed by atoms with van der Waals surface area (Å²) in [5.41, 5.74) is 0. The molecule has 0 N–H and O–H groups in total. The highest BCUT2D eigenvalue weighted by atomic mass is 15.1. The van der Waals surface area contributed by atoms with Crippen LogP contribution in [0.4, 0.5) is 0 Å². The molecule has 0 spiro atoms. The third-order valence-electron chi connectivity index (χ3n) is 4.78. The molecule has 0 amide bonds. The van der Waals surface area contributed by atoms with Crippen LogP contribution in [0.2, 0.25) is 0 Å². The van der Waals surface area contributed by atoms with Crippen LogP contribution in [0.5, 0.6) is 0 Å². The molecule has 0 aromatic carbocycles. The lowest BCUT2D eigenvalue weighted by molar-refractivity contribution is 0.209. The van der Waals surface area contributed by atoms with Crippen molar-refractivity contribution in [3.63, 3.8) is 0 Å². The van der Waals surface area contributed by atoms with Gasteiger partial charge in [0.15, 0.2) is 0 Å². The Morgan fingerprint density at radius 2 is 1.24 bits per heavy atom. The molecule has 0 aromatic heterocycles. The Labute approximate surface area is 107 Å². The van der Waals surface area contributed by atoms with E-state index >= 15 is 0 Å².